The second-order valence-electron chi connectivity index (χ2n) is 5.08. The van der Waals surface area contributed by atoms with Crippen molar-refractivity contribution in [2.75, 3.05) is 19.8 Å². The van der Waals surface area contributed by atoms with E-state index in [1.807, 2.05) is 38.3 Å². The van der Waals surface area contributed by atoms with Gasteiger partial charge in [-0.2, -0.15) is 0 Å². The molecule has 1 aromatic heterocycles. The summed E-state index contributed by atoms with van der Waals surface area (Å²) >= 11 is 1.50. The second-order valence-corrected chi connectivity index (χ2v) is 6.02. The maximum atomic E-state index is 11.7. The highest BCUT2D eigenvalue weighted by Crippen LogP contribution is 2.12. The molecule has 3 nitrogen and oxygen atoms in total. The van der Waals surface area contributed by atoms with Crippen molar-refractivity contribution in [2.24, 2.45) is 0 Å². The number of ether oxygens (including phenoxy) is 2. The van der Waals surface area contributed by atoms with Crippen LogP contribution in [0.3, 0.4) is 0 Å². The van der Waals surface area contributed by atoms with Gasteiger partial charge in [0, 0.05) is 13.0 Å². The molecule has 0 saturated heterocycles. The fourth-order valence-electron chi connectivity index (χ4n) is 1.40. The molecule has 0 amide bonds. The smallest absolute Gasteiger partial charge is 0.172 e. The van der Waals surface area contributed by atoms with E-state index < -0.39 is 0 Å². The van der Waals surface area contributed by atoms with Gasteiger partial charge in [-0.15, -0.1) is 11.3 Å². The van der Waals surface area contributed by atoms with Crippen molar-refractivity contribution in [1.29, 1.82) is 0 Å². The molecule has 18 heavy (non-hydrogen) atoms. The molecule has 1 rings (SSSR count). The Morgan fingerprint density at radius 2 is 2.06 bits per heavy atom. The van der Waals surface area contributed by atoms with E-state index in [0.29, 0.717) is 26.2 Å². The van der Waals surface area contributed by atoms with Crippen LogP contribution in [0.15, 0.2) is 17.5 Å². The van der Waals surface area contributed by atoms with Crippen molar-refractivity contribution >= 4 is 17.1 Å². The van der Waals surface area contributed by atoms with Gasteiger partial charge in [0.05, 0.1) is 23.7 Å². The number of rotatable bonds is 8. The standard InChI is InChI=1S/C14H22O3S/c1-14(2,3)17-10-9-16-8-4-6-12(15)13-7-5-11-18-13/h5,7,11H,4,6,8-10H2,1-3H3. The Labute approximate surface area is 113 Å². The SMILES string of the molecule is CC(C)(C)OCCOCCCC(=O)c1cccs1. The molecule has 0 aliphatic carbocycles. The van der Waals surface area contributed by atoms with Crippen molar-refractivity contribution in [3.63, 3.8) is 0 Å². The lowest BCUT2D eigenvalue weighted by Gasteiger charge is -2.19. The first-order valence-corrected chi connectivity index (χ1v) is 7.15. The number of thiophene rings is 1. The highest BCUT2D eigenvalue weighted by Gasteiger charge is 2.09. The summed E-state index contributed by atoms with van der Waals surface area (Å²) in [6.07, 6.45) is 1.33. The van der Waals surface area contributed by atoms with Gasteiger partial charge < -0.3 is 9.47 Å². The highest BCUT2D eigenvalue weighted by atomic mass is 32.1. The Kier molecular flexibility index (Phi) is 6.54. The van der Waals surface area contributed by atoms with Crippen molar-refractivity contribution < 1.29 is 14.3 Å². The zero-order valence-electron chi connectivity index (χ0n) is 11.4. The number of carbonyl (C=O) groups excluding carboxylic acids is 1. The molecule has 0 saturated carbocycles. The molecule has 1 aromatic rings. The van der Waals surface area contributed by atoms with Crippen molar-refractivity contribution in [1.82, 2.24) is 0 Å². The quantitative estimate of drug-likeness (QED) is 0.535. The van der Waals surface area contributed by atoms with E-state index in [4.69, 9.17) is 9.47 Å². The fraction of sp³-hybridized carbons (Fsp3) is 0.643. The van der Waals surface area contributed by atoms with Crippen LogP contribution in [0.25, 0.3) is 0 Å². The number of hydrogen-bond acceptors (Lipinski definition) is 4. The molecule has 0 unspecified atom stereocenters. The Hall–Kier alpha value is -0.710. The molecule has 0 radical (unpaired) electrons. The summed E-state index contributed by atoms with van der Waals surface area (Å²) < 4.78 is 10.9. The number of ketones is 1. The van der Waals surface area contributed by atoms with Gasteiger partial charge in [-0.3, -0.25) is 4.79 Å². The lowest BCUT2D eigenvalue weighted by molar-refractivity contribution is -0.0350. The first-order chi connectivity index (χ1) is 8.49. The molecule has 4 heteroatoms. The molecule has 0 aromatic carbocycles. The molecular weight excluding hydrogens is 248 g/mol. The fourth-order valence-corrected chi connectivity index (χ4v) is 2.10. The maximum absolute atomic E-state index is 11.7. The van der Waals surface area contributed by atoms with E-state index in [9.17, 15) is 4.79 Å². The van der Waals surface area contributed by atoms with Gasteiger partial charge in [0.2, 0.25) is 0 Å². The van der Waals surface area contributed by atoms with Crippen LogP contribution in [-0.4, -0.2) is 31.2 Å². The van der Waals surface area contributed by atoms with Gasteiger partial charge in [0.1, 0.15) is 0 Å². The van der Waals surface area contributed by atoms with E-state index in [1.165, 1.54) is 11.3 Å². The maximum Gasteiger partial charge on any atom is 0.172 e. The van der Waals surface area contributed by atoms with E-state index in [2.05, 4.69) is 0 Å². The predicted molar refractivity (Wildman–Crippen MR) is 74.4 cm³/mol. The van der Waals surface area contributed by atoms with E-state index in [1.54, 1.807) is 0 Å². The highest BCUT2D eigenvalue weighted by molar-refractivity contribution is 7.12. The van der Waals surface area contributed by atoms with Crippen LogP contribution in [0.5, 0.6) is 0 Å². The van der Waals surface area contributed by atoms with Gasteiger partial charge >= 0.3 is 0 Å². The lowest BCUT2D eigenvalue weighted by atomic mass is 10.2. The van der Waals surface area contributed by atoms with Crippen LogP contribution < -0.4 is 0 Å². The van der Waals surface area contributed by atoms with Gasteiger partial charge in [-0.05, 0) is 38.6 Å². The average Bonchev–Trinajstić information content (AvgIpc) is 2.79. The van der Waals surface area contributed by atoms with Crippen LogP contribution in [0.1, 0.15) is 43.3 Å². The average molecular weight is 270 g/mol. The Morgan fingerprint density at radius 3 is 2.67 bits per heavy atom. The number of Topliss-reactive ketones (excluding diaryl/α,β-unsaturated/α-hetero) is 1. The molecule has 0 N–H and O–H groups in total. The molecule has 1 heterocycles. The topological polar surface area (TPSA) is 35.5 Å². The summed E-state index contributed by atoms with van der Waals surface area (Å²) in [7, 11) is 0. The summed E-state index contributed by atoms with van der Waals surface area (Å²) in [5, 5.41) is 1.92. The molecular formula is C14H22O3S. The summed E-state index contributed by atoms with van der Waals surface area (Å²) in [6.45, 7) is 7.86. The van der Waals surface area contributed by atoms with Gasteiger partial charge in [0.15, 0.2) is 5.78 Å². The van der Waals surface area contributed by atoms with Crippen LogP contribution in [0.4, 0.5) is 0 Å². The van der Waals surface area contributed by atoms with Crippen molar-refractivity contribution in [3.8, 4) is 0 Å². The molecule has 0 bridgehead atoms. The Morgan fingerprint density at radius 1 is 1.28 bits per heavy atom. The van der Waals surface area contributed by atoms with Gasteiger partial charge in [-0.1, -0.05) is 6.07 Å². The summed E-state index contributed by atoms with van der Waals surface area (Å²) in [4.78, 5) is 12.5. The van der Waals surface area contributed by atoms with E-state index in [0.717, 1.165) is 11.3 Å². The first-order valence-electron chi connectivity index (χ1n) is 6.27. The monoisotopic (exact) mass is 270 g/mol. The lowest BCUT2D eigenvalue weighted by Crippen LogP contribution is -2.21. The normalized spacial score (nSPS) is 11.7. The zero-order chi connectivity index (χ0) is 13.4. The zero-order valence-corrected chi connectivity index (χ0v) is 12.2. The Balaban J connectivity index is 1.98. The van der Waals surface area contributed by atoms with E-state index >= 15 is 0 Å². The predicted octanol–water partition coefficient (Wildman–Crippen LogP) is 3.54. The van der Waals surface area contributed by atoms with Crippen LogP contribution in [0.2, 0.25) is 0 Å². The summed E-state index contributed by atoms with van der Waals surface area (Å²) in [5.41, 5.74) is -0.113. The minimum atomic E-state index is -0.113. The van der Waals surface area contributed by atoms with Crippen LogP contribution in [0, 0.1) is 0 Å². The minimum absolute atomic E-state index is 0.113. The Bertz CT molecular complexity index is 338. The third-order valence-corrected chi connectivity index (χ3v) is 3.16. The van der Waals surface area contributed by atoms with Crippen LogP contribution >= 0.6 is 11.3 Å². The van der Waals surface area contributed by atoms with Gasteiger partial charge in [0.25, 0.3) is 0 Å². The molecule has 0 aliphatic heterocycles. The molecule has 0 spiro atoms. The summed E-state index contributed by atoms with van der Waals surface area (Å²) in [6, 6.07) is 3.77. The number of hydrogen-bond donors (Lipinski definition) is 0. The van der Waals surface area contributed by atoms with Gasteiger partial charge in [-0.25, -0.2) is 0 Å². The third-order valence-electron chi connectivity index (χ3n) is 2.25. The molecule has 0 atom stereocenters. The van der Waals surface area contributed by atoms with Crippen LogP contribution in [-0.2, 0) is 9.47 Å². The van der Waals surface area contributed by atoms with Crippen molar-refractivity contribution in [2.45, 2.75) is 39.2 Å². The third kappa shape index (κ3) is 6.89. The minimum Gasteiger partial charge on any atom is -0.379 e. The first kappa shape index (κ1) is 15.3. The van der Waals surface area contributed by atoms with E-state index in [-0.39, 0.29) is 11.4 Å². The summed E-state index contributed by atoms with van der Waals surface area (Å²) in [5.74, 6) is 0.208. The largest absolute Gasteiger partial charge is 0.379 e. The molecule has 102 valence electrons. The molecule has 0 aliphatic rings. The van der Waals surface area contributed by atoms with Crippen molar-refractivity contribution in [3.05, 3.63) is 22.4 Å². The number of carbonyl (C=O) groups is 1. The second kappa shape index (κ2) is 7.67. The molecule has 0 fully saturated rings.